The van der Waals surface area contributed by atoms with Crippen LogP contribution in [0.3, 0.4) is 0 Å². The Morgan fingerprint density at radius 3 is 2.90 bits per heavy atom. The van der Waals surface area contributed by atoms with Gasteiger partial charge >= 0.3 is 0 Å². The number of rotatable bonds is 6. The monoisotopic (exact) mass is 275 g/mol. The van der Waals surface area contributed by atoms with Crippen molar-refractivity contribution < 1.29 is 0 Å². The van der Waals surface area contributed by atoms with Crippen molar-refractivity contribution >= 4 is 11.9 Å². The van der Waals surface area contributed by atoms with Crippen molar-refractivity contribution in [2.75, 3.05) is 10.7 Å². The van der Waals surface area contributed by atoms with Crippen molar-refractivity contribution in [2.45, 2.75) is 32.2 Å². The summed E-state index contributed by atoms with van der Waals surface area (Å²) in [6.45, 7) is 2.19. The van der Waals surface area contributed by atoms with Crippen molar-refractivity contribution in [1.82, 2.24) is 29.7 Å². The maximum absolute atomic E-state index is 5.39. The third-order valence-corrected chi connectivity index (χ3v) is 3.27. The minimum atomic E-state index is 0.292. The van der Waals surface area contributed by atoms with Crippen molar-refractivity contribution in [3.8, 4) is 5.95 Å². The van der Waals surface area contributed by atoms with E-state index >= 15 is 0 Å². The summed E-state index contributed by atoms with van der Waals surface area (Å²) < 4.78 is 1.46. The topological polar surface area (TPSA) is 119 Å². The predicted molar refractivity (Wildman–Crippen MR) is 73.0 cm³/mol. The van der Waals surface area contributed by atoms with E-state index < -0.39 is 0 Å². The molecule has 1 aliphatic carbocycles. The number of hydrogen-bond donors (Lipinski definition) is 3. The number of aromatic nitrogens is 6. The van der Waals surface area contributed by atoms with E-state index in [0.29, 0.717) is 29.8 Å². The van der Waals surface area contributed by atoms with Gasteiger partial charge in [-0.2, -0.15) is 24.7 Å². The Kier molecular flexibility index (Phi) is 3.42. The van der Waals surface area contributed by atoms with Crippen molar-refractivity contribution in [3.05, 3.63) is 12.7 Å². The molecule has 1 aliphatic rings. The Labute approximate surface area is 116 Å². The molecule has 1 saturated carbocycles. The summed E-state index contributed by atoms with van der Waals surface area (Å²) in [6.07, 6.45) is 6.52. The van der Waals surface area contributed by atoms with Crippen LogP contribution < -0.4 is 16.6 Å². The van der Waals surface area contributed by atoms with Gasteiger partial charge in [-0.05, 0) is 18.8 Å². The van der Waals surface area contributed by atoms with Gasteiger partial charge in [0.2, 0.25) is 11.9 Å². The van der Waals surface area contributed by atoms with Gasteiger partial charge in [0.15, 0.2) is 0 Å². The van der Waals surface area contributed by atoms with E-state index in [1.54, 1.807) is 0 Å². The first-order valence-electron chi connectivity index (χ1n) is 6.64. The van der Waals surface area contributed by atoms with Crippen LogP contribution in [0, 0.1) is 5.92 Å². The molecule has 20 heavy (non-hydrogen) atoms. The third kappa shape index (κ3) is 2.67. The van der Waals surface area contributed by atoms with Gasteiger partial charge in [0.25, 0.3) is 5.95 Å². The number of anilines is 2. The lowest BCUT2D eigenvalue weighted by Gasteiger charge is -2.07. The Morgan fingerprint density at radius 2 is 2.20 bits per heavy atom. The third-order valence-electron chi connectivity index (χ3n) is 3.27. The normalized spacial score (nSPS) is 20.7. The highest BCUT2D eigenvalue weighted by atomic mass is 15.4. The zero-order valence-electron chi connectivity index (χ0n) is 11.2. The lowest BCUT2D eigenvalue weighted by atomic mass is 10.2. The van der Waals surface area contributed by atoms with Crippen molar-refractivity contribution in [3.63, 3.8) is 0 Å². The molecule has 0 spiro atoms. The second-order valence-electron chi connectivity index (χ2n) is 4.80. The fourth-order valence-corrected chi connectivity index (χ4v) is 2.19. The molecule has 3 rings (SSSR count). The van der Waals surface area contributed by atoms with Crippen molar-refractivity contribution in [2.24, 2.45) is 11.8 Å². The Morgan fingerprint density at radius 1 is 1.35 bits per heavy atom. The molecule has 0 radical (unpaired) electrons. The lowest BCUT2D eigenvalue weighted by Crippen LogP contribution is -2.17. The molecule has 2 aromatic rings. The van der Waals surface area contributed by atoms with Gasteiger partial charge in [-0.3, -0.25) is 5.43 Å². The van der Waals surface area contributed by atoms with Gasteiger partial charge in [0.1, 0.15) is 12.7 Å². The zero-order valence-corrected chi connectivity index (χ0v) is 11.2. The molecule has 0 aromatic carbocycles. The van der Waals surface area contributed by atoms with Crippen LogP contribution in [0.1, 0.15) is 26.2 Å². The van der Waals surface area contributed by atoms with Crippen LogP contribution in [0.15, 0.2) is 12.7 Å². The highest BCUT2D eigenvalue weighted by Crippen LogP contribution is 2.36. The molecule has 9 nitrogen and oxygen atoms in total. The molecule has 4 N–H and O–H groups in total. The maximum Gasteiger partial charge on any atom is 0.258 e. The van der Waals surface area contributed by atoms with Crippen LogP contribution in [0.2, 0.25) is 0 Å². The minimum absolute atomic E-state index is 0.292. The summed E-state index contributed by atoms with van der Waals surface area (Å²) in [7, 11) is 0. The van der Waals surface area contributed by atoms with E-state index in [1.165, 1.54) is 30.2 Å². The number of nitrogen functional groups attached to an aromatic ring is 1. The number of nitrogens with one attached hydrogen (secondary N) is 2. The number of hydrazine groups is 1. The number of nitrogens with two attached hydrogens (primary N) is 1. The largest absolute Gasteiger partial charge is 0.351 e. The average Bonchev–Trinajstić information content (AvgIpc) is 2.97. The summed E-state index contributed by atoms with van der Waals surface area (Å²) in [5.74, 6) is 7.27. The highest BCUT2D eigenvalue weighted by Gasteiger charge is 2.36. The molecule has 0 bridgehead atoms. The standard InChI is InChI=1S/C11H17N9/c1-2-3-7-4-8(7)15-9-16-10(19-12)18-11(17-9)20-6-13-5-14-20/h5-8H,2-4,12H2,1H3,(H2,15,16,17,18,19). The molecule has 2 atom stereocenters. The fourth-order valence-electron chi connectivity index (χ4n) is 2.19. The fraction of sp³-hybridized carbons (Fsp3) is 0.545. The van der Waals surface area contributed by atoms with Gasteiger partial charge in [-0.25, -0.2) is 10.8 Å². The number of nitrogens with zero attached hydrogens (tertiary/aromatic N) is 6. The molecule has 9 heteroatoms. The molecule has 2 unspecified atom stereocenters. The highest BCUT2D eigenvalue weighted by molar-refractivity contribution is 5.38. The molecule has 2 aromatic heterocycles. The van der Waals surface area contributed by atoms with E-state index in [-0.39, 0.29) is 0 Å². The van der Waals surface area contributed by atoms with Gasteiger partial charge in [-0.1, -0.05) is 13.3 Å². The molecule has 2 heterocycles. The first-order valence-corrected chi connectivity index (χ1v) is 6.64. The summed E-state index contributed by atoms with van der Waals surface area (Å²) in [5, 5.41) is 7.31. The quantitative estimate of drug-likeness (QED) is 0.510. The maximum atomic E-state index is 5.39. The summed E-state index contributed by atoms with van der Waals surface area (Å²) in [5.41, 5.74) is 2.44. The Bertz CT molecular complexity index is 567. The summed E-state index contributed by atoms with van der Waals surface area (Å²) in [4.78, 5) is 16.5. The second-order valence-corrected chi connectivity index (χ2v) is 4.80. The van der Waals surface area contributed by atoms with E-state index in [0.717, 1.165) is 6.42 Å². The van der Waals surface area contributed by atoms with Crippen LogP contribution in [-0.4, -0.2) is 35.8 Å². The van der Waals surface area contributed by atoms with Crippen molar-refractivity contribution in [1.29, 1.82) is 0 Å². The van der Waals surface area contributed by atoms with Crippen LogP contribution in [0.25, 0.3) is 5.95 Å². The zero-order chi connectivity index (χ0) is 13.9. The summed E-state index contributed by atoms with van der Waals surface area (Å²) in [6, 6.07) is 0.437. The minimum Gasteiger partial charge on any atom is -0.351 e. The van der Waals surface area contributed by atoms with E-state index in [9.17, 15) is 0 Å². The van der Waals surface area contributed by atoms with Gasteiger partial charge in [-0.15, -0.1) is 0 Å². The SMILES string of the molecule is CCCC1CC1Nc1nc(NN)nc(-n2cncn2)n1. The Balaban J connectivity index is 1.79. The van der Waals surface area contributed by atoms with Gasteiger partial charge in [0, 0.05) is 6.04 Å². The lowest BCUT2D eigenvalue weighted by molar-refractivity contribution is 0.690. The first-order chi connectivity index (χ1) is 9.80. The molecule has 0 saturated heterocycles. The molecule has 0 amide bonds. The molecular formula is C11H17N9. The van der Waals surface area contributed by atoms with Gasteiger partial charge in [0.05, 0.1) is 0 Å². The van der Waals surface area contributed by atoms with Gasteiger partial charge < -0.3 is 5.32 Å². The number of hydrogen-bond acceptors (Lipinski definition) is 8. The predicted octanol–water partition coefficient (Wildman–Crippen LogP) is 0.338. The van der Waals surface area contributed by atoms with Crippen LogP contribution in [-0.2, 0) is 0 Å². The van der Waals surface area contributed by atoms with Crippen LogP contribution >= 0.6 is 0 Å². The second kappa shape index (κ2) is 5.37. The van der Waals surface area contributed by atoms with E-state index in [1.807, 2.05) is 0 Å². The molecule has 1 fully saturated rings. The smallest absolute Gasteiger partial charge is 0.258 e. The average molecular weight is 275 g/mol. The van der Waals surface area contributed by atoms with E-state index in [4.69, 9.17) is 5.84 Å². The van der Waals surface area contributed by atoms with E-state index in [2.05, 4.69) is 42.7 Å². The van der Waals surface area contributed by atoms with Crippen LogP contribution in [0.4, 0.5) is 11.9 Å². The van der Waals surface area contributed by atoms with Crippen LogP contribution in [0.5, 0.6) is 0 Å². The summed E-state index contributed by atoms with van der Waals surface area (Å²) >= 11 is 0. The molecule has 106 valence electrons. The molecular weight excluding hydrogens is 258 g/mol. The Hall–Kier alpha value is -2.29. The first kappa shape index (κ1) is 12.7. The molecule has 0 aliphatic heterocycles.